The predicted octanol–water partition coefficient (Wildman–Crippen LogP) is 0.163. The van der Waals surface area contributed by atoms with E-state index in [1.165, 1.54) is 7.11 Å². The third-order valence-electron chi connectivity index (χ3n) is 2.15. The molecule has 0 saturated carbocycles. The molecule has 0 radical (unpaired) electrons. The minimum absolute atomic E-state index is 0.358. The highest BCUT2D eigenvalue weighted by atomic mass is 16.6. The molecule has 2 saturated heterocycles. The number of methoxy groups -OCH3 is 1. The third-order valence-corrected chi connectivity index (χ3v) is 2.15. The molecular weight excluding hydrogens is 240 g/mol. The summed E-state index contributed by atoms with van der Waals surface area (Å²) < 4.78 is 24.6. The summed E-state index contributed by atoms with van der Waals surface area (Å²) in [5.74, 6) is -0.394. The lowest BCUT2D eigenvalue weighted by molar-refractivity contribution is -0.134. The molecule has 2 rings (SSSR count). The van der Waals surface area contributed by atoms with Crippen LogP contribution in [0, 0.1) is 0 Å². The van der Waals surface area contributed by atoms with Crippen LogP contribution in [0.5, 0.6) is 0 Å². The van der Waals surface area contributed by atoms with Crippen molar-refractivity contribution in [1.29, 1.82) is 0 Å². The van der Waals surface area contributed by atoms with Crippen molar-refractivity contribution in [1.82, 2.24) is 0 Å². The van der Waals surface area contributed by atoms with Crippen LogP contribution >= 0.6 is 0 Å². The van der Waals surface area contributed by atoms with Crippen molar-refractivity contribution in [3.63, 3.8) is 0 Å². The first-order valence-electron chi connectivity index (χ1n) is 5.85. The summed E-state index contributed by atoms with van der Waals surface area (Å²) in [5.41, 5.74) is 0. The third kappa shape index (κ3) is 9.12. The van der Waals surface area contributed by atoms with Crippen molar-refractivity contribution < 1.29 is 28.5 Å². The number of hydrogen-bond donors (Lipinski definition) is 0. The van der Waals surface area contributed by atoms with Gasteiger partial charge in [0.2, 0.25) is 0 Å². The molecule has 0 aromatic carbocycles. The minimum atomic E-state index is -0.394. The molecule has 2 fully saturated rings. The second-order valence-electron chi connectivity index (χ2n) is 3.79. The maximum Gasteiger partial charge on any atom is 0.329 e. The largest absolute Gasteiger partial charge is 0.466 e. The van der Waals surface area contributed by atoms with Gasteiger partial charge in [-0.3, -0.25) is 0 Å². The van der Waals surface area contributed by atoms with Gasteiger partial charge in [-0.2, -0.15) is 0 Å². The lowest BCUT2D eigenvalue weighted by Crippen LogP contribution is -2.10. The summed E-state index contributed by atoms with van der Waals surface area (Å²) in [7, 11) is 1.31. The molecule has 6 heteroatoms. The highest BCUT2D eigenvalue weighted by Crippen LogP contribution is 2.09. The molecule has 0 aromatic heterocycles. The first-order chi connectivity index (χ1) is 8.76. The van der Waals surface area contributed by atoms with Gasteiger partial charge in [-0.25, -0.2) is 4.79 Å². The van der Waals surface area contributed by atoms with Gasteiger partial charge in [-0.05, 0) is 0 Å². The Balaban J connectivity index is 0.000000232. The summed E-state index contributed by atoms with van der Waals surface area (Å²) in [4.78, 5) is 9.84. The van der Waals surface area contributed by atoms with Crippen LogP contribution < -0.4 is 0 Å². The number of hydrogen-bond acceptors (Lipinski definition) is 6. The average Bonchev–Trinajstić information content (AvgIpc) is 3.27. The van der Waals surface area contributed by atoms with E-state index in [1.807, 2.05) is 0 Å². The zero-order chi connectivity index (χ0) is 13.2. The molecule has 2 unspecified atom stereocenters. The van der Waals surface area contributed by atoms with E-state index in [0.717, 1.165) is 19.3 Å². The van der Waals surface area contributed by atoms with Gasteiger partial charge in [0.05, 0.1) is 46.8 Å². The Labute approximate surface area is 107 Å². The number of rotatable bonds is 8. The van der Waals surface area contributed by atoms with Gasteiger partial charge in [0.15, 0.2) is 0 Å². The van der Waals surface area contributed by atoms with Gasteiger partial charge in [-0.15, -0.1) is 0 Å². The lowest BCUT2D eigenvalue weighted by Gasteiger charge is -2.02. The monoisotopic (exact) mass is 260 g/mol. The molecule has 2 aliphatic rings. The smallest absolute Gasteiger partial charge is 0.329 e. The van der Waals surface area contributed by atoms with Gasteiger partial charge >= 0.3 is 5.97 Å². The van der Waals surface area contributed by atoms with Crippen molar-refractivity contribution in [2.45, 2.75) is 12.2 Å². The maximum atomic E-state index is 9.84. The SMILES string of the molecule is C(COCC1CO1)OCC1CO1.C=CC(=O)OC. The molecule has 0 spiro atoms. The Morgan fingerprint density at radius 1 is 1.22 bits per heavy atom. The molecule has 0 amide bonds. The quantitative estimate of drug-likeness (QED) is 0.268. The van der Waals surface area contributed by atoms with Crippen LogP contribution in [-0.4, -0.2) is 64.9 Å². The van der Waals surface area contributed by atoms with E-state index in [1.54, 1.807) is 0 Å². The fourth-order valence-corrected chi connectivity index (χ4v) is 0.959. The lowest BCUT2D eigenvalue weighted by atomic mass is 10.5. The van der Waals surface area contributed by atoms with E-state index in [2.05, 4.69) is 11.3 Å². The molecule has 18 heavy (non-hydrogen) atoms. The molecule has 6 nitrogen and oxygen atoms in total. The van der Waals surface area contributed by atoms with Crippen molar-refractivity contribution in [2.24, 2.45) is 0 Å². The Bertz CT molecular complexity index is 231. The Hall–Kier alpha value is -0.950. The van der Waals surface area contributed by atoms with Crippen molar-refractivity contribution in [3.8, 4) is 0 Å². The van der Waals surface area contributed by atoms with E-state index in [9.17, 15) is 4.79 Å². The zero-order valence-electron chi connectivity index (χ0n) is 10.6. The average molecular weight is 260 g/mol. The first-order valence-corrected chi connectivity index (χ1v) is 5.85. The summed E-state index contributed by atoms with van der Waals surface area (Å²) in [6.45, 7) is 7.61. The summed E-state index contributed by atoms with van der Waals surface area (Å²) in [6.07, 6.45) is 1.83. The van der Waals surface area contributed by atoms with Crippen molar-refractivity contribution >= 4 is 5.97 Å². The topological polar surface area (TPSA) is 69.8 Å². The molecule has 2 aliphatic heterocycles. The summed E-state index contributed by atoms with van der Waals surface area (Å²) in [6, 6.07) is 0. The molecule has 104 valence electrons. The maximum absolute atomic E-state index is 9.84. The standard InChI is InChI=1S/C8H14O4.C4H6O2/c1(9-3-7-5-11-7)2-10-4-8-6-12-8;1-3-4(5)6-2/h7-8H,1-6H2;3H,1H2,2H3. The molecule has 0 aliphatic carbocycles. The van der Waals surface area contributed by atoms with Crippen LogP contribution in [0.15, 0.2) is 12.7 Å². The normalized spacial score (nSPS) is 23.6. The van der Waals surface area contributed by atoms with Gasteiger partial charge in [0.1, 0.15) is 12.2 Å². The Morgan fingerprint density at radius 2 is 1.67 bits per heavy atom. The number of carbonyl (C=O) groups is 1. The number of ether oxygens (including phenoxy) is 5. The van der Waals surface area contributed by atoms with E-state index in [0.29, 0.717) is 38.6 Å². The molecule has 0 N–H and O–H groups in total. The minimum Gasteiger partial charge on any atom is -0.466 e. The van der Waals surface area contributed by atoms with Crippen LogP contribution in [0.2, 0.25) is 0 Å². The van der Waals surface area contributed by atoms with E-state index in [4.69, 9.17) is 18.9 Å². The van der Waals surface area contributed by atoms with Gasteiger partial charge in [-0.1, -0.05) is 6.58 Å². The zero-order valence-corrected chi connectivity index (χ0v) is 10.6. The van der Waals surface area contributed by atoms with Crippen LogP contribution in [0.1, 0.15) is 0 Å². The van der Waals surface area contributed by atoms with Crippen LogP contribution in [0.3, 0.4) is 0 Å². The second-order valence-corrected chi connectivity index (χ2v) is 3.79. The van der Waals surface area contributed by atoms with Gasteiger partial charge in [0, 0.05) is 6.08 Å². The van der Waals surface area contributed by atoms with Gasteiger partial charge in [0.25, 0.3) is 0 Å². The highest BCUT2D eigenvalue weighted by Gasteiger charge is 2.23. The number of epoxide rings is 2. The molecule has 2 atom stereocenters. The van der Waals surface area contributed by atoms with Crippen LogP contribution in [0.25, 0.3) is 0 Å². The van der Waals surface area contributed by atoms with E-state index in [-0.39, 0.29) is 0 Å². The van der Waals surface area contributed by atoms with Crippen molar-refractivity contribution in [3.05, 3.63) is 12.7 Å². The fourth-order valence-electron chi connectivity index (χ4n) is 0.959. The predicted molar refractivity (Wildman–Crippen MR) is 63.3 cm³/mol. The molecule has 0 bridgehead atoms. The highest BCUT2D eigenvalue weighted by molar-refractivity contribution is 5.80. The first kappa shape index (κ1) is 15.1. The Morgan fingerprint density at radius 3 is 1.89 bits per heavy atom. The van der Waals surface area contributed by atoms with E-state index < -0.39 is 5.97 Å². The fraction of sp³-hybridized carbons (Fsp3) is 0.750. The van der Waals surface area contributed by atoms with Crippen LogP contribution in [0.4, 0.5) is 0 Å². The summed E-state index contributed by atoms with van der Waals surface area (Å²) in [5, 5.41) is 0. The molecule has 0 aromatic rings. The van der Waals surface area contributed by atoms with E-state index >= 15 is 0 Å². The summed E-state index contributed by atoms with van der Waals surface area (Å²) >= 11 is 0. The van der Waals surface area contributed by atoms with Crippen LogP contribution in [-0.2, 0) is 28.5 Å². The number of esters is 1. The number of carbonyl (C=O) groups excluding carboxylic acids is 1. The molecular formula is C12H20O6. The van der Waals surface area contributed by atoms with Crippen molar-refractivity contribution in [2.75, 3.05) is 46.8 Å². The van der Waals surface area contributed by atoms with Gasteiger partial charge < -0.3 is 23.7 Å². The Kier molecular flexibility index (Phi) is 7.59. The second kappa shape index (κ2) is 9.04. The molecule has 2 heterocycles.